The topological polar surface area (TPSA) is 97.4 Å². The molecule has 8 heteroatoms. The zero-order valence-electron chi connectivity index (χ0n) is 19.5. The molecule has 35 heavy (non-hydrogen) atoms. The number of nitrogens with one attached hydrogen (secondary N) is 1. The summed E-state index contributed by atoms with van der Waals surface area (Å²) in [5, 5.41) is 4.13. The summed E-state index contributed by atoms with van der Waals surface area (Å²) in [6, 6.07) is 7.79. The molecule has 0 unspecified atom stereocenters. The van der Waals surface area contributed by atoms with Gasteiger partial charge in [0.1, 0.15) is 5.58 Å². The van der Waals surface area contributed by atoms with Crippen molar-refractivity contribution in [2.75, 3.05) is 13.1 Å². The van der Waals surface area contributed by atoms with Gasteiger partial charge in [-0.15, -0.1) is 0 Å². The van der Waals surface area contributed by atoms with Gasteiger partial charge in [-0.1, -0.05) is 32.0 Å². The van der Waals surface area contributed by atoms with Gasteiger partial charge in [0, 0.05) is 66.0 Å². The van der Waals surface area contributed by atoms with Crippen molar-refractivity contribution in [2.24, 2.45) is 5.92 Å². The lowest BCUT2D eigenvalue weighted by Gasteiger charge is -2.27. The monoisotopic (exact) mass is 468 g/mol. The van der Waals surface area contributed by atoms with E-state index in [1.807, 2.05) is 37.1 Å². The Morgan fingerprint density at radius 2 is 1.83 bits per heavy atom. The van der Waals surface area contributed by atoms with Gasteiger partial charge in [-0.3, -0.25) is 24.7 Å². The van der Waals surface area contributed by atoms with Crippen molar-refractivity contribution >= 4 is 50.7 Å². The third-order valence-corrected chi connectivity index (χ3v) is 6.88. The van der Waals surface area contributed by atoms with Gasteiger partial charge in [0.05, 0.1) is 22.9 Å². The van der Waals surface area contributed by atoms with E-state index in [1.54, 1.807) is 24.7 Å². The average Bonchev–Trinajstić information content (AvgIpc) is 3.52. The fourth-order valence-corrected chi connectivity index (χ4v) is 5.23. The number of furan rings is 1. The maximum Gasteiger partial charge on any atom is 0.259 e. The summed E-state index contributed by atoms with van der Waals surface area (Å²) >= 11 is 0. The van der Waals surface area contributed by atoms with Crippen LogP contribution in [-0.2, 0) is 27.3 Å². The number of para-hydroxylation sites is 1. The summed E-state index contributed by atoms with van der Waals surface area (Å²) in [7, 11) is 0. The molecule has 0 spiro atoms. The van der Waals surface area contributed by atoms with Crippen LogP contribution in [-0.4, -0.2) is 45.3 Å². The lowest BCUT2D eigenvalue weighted by molar-refractivity contribution is -0.134. The Morgan fingerprint density at radius 3 is 2.63 bits per heavy atom. The van der Waals surface area contributed by atoms with Crippen molar-refractivity contribution in [3.05, 3.63) is 65.8 Å². The molecule has 5 heterocycles. The van der Waals surface area contributed by atoms with Gasteiger partial charge in [0.15, 0.2) is 0 Å². The molecule has 0 radical (unpaired) electrons. The second-order valence-corrected chi connectivity index (χ2v) is 9.34. The van der Waals surface area contributed by atoms with E-state index in [-0.39, 0.29) is 17.4 Å². The minimum Gasteiger partial charge on any atom is -0.464 e. The number of hydrogen-bond acceptors (Lipinski definition) is 5. The third-order valence-electron chi connectivity index (χ3n) is 6.88. The number of benzene rings is 1. The van der Waals surface area contributed by atoms with Crippen molar-refractivity contribution < 1.29 is 18.8 Å². The molecular weight excluding hydrogens is 444 g/mol. The summed E-state index contributed by atoms with van der Waals surface area (Å²) < 4.78 is 7.75. The molecule has 3 amide bonds. The molecule has 2 aliphatic heterocycles. The average molecular weight is 469 g/mol. The van der Waals surface area contributed by atoms with E-state index in [0.717, 1.165) is 21.9 Å². The number of carbonyl (C=O) groups is 3. The highest BCUT2D eigenvalue weighted by atomic mass is 16.3. The number of imide groups is 1. The standard InChI is InChI=1S/C27H24N4O4/c1-15(2)27(34)30-8-6-16-4-3-5-18-20(14-31(10-9-30)23(16)18)22-21(25(32)29-26(22)33)19-13-28-12-17-7-11-35-24(17)19/h3-5,7,11-15H,6,8-10H2,1-2H3,(H,29,32,33). The normalized spacial score (nSPS) is 16.4. The van der Waals surface area contributed by atoms with Crippen LogP contribution in [0.4, 0.5) is 0 Å². The molecule has 6 rings (SSSR count). The van der Waals surface area contributed by atoms with Gasteiger partial charge in [-0.25, -0.2) is 0 Å². The summed E-state index contributed by atoms with van der Waals surface area (Å²) in [6.45, 7) is 5.66. The van der Waals surface area contributed by atoms with E-state index < -0.39 is 11.8 Å². The molecule has 1 aromatic carbocycles. The number of nitrogens with zero attached hydrogens (tertiary/aromatic N) is 3. The second kappa shape index (κ2) is 7.94. The number of aromatic nitrogens is 2. The Labute approximate surface area is 201 Å². The quantitative estimate of drug-likeness (QED) is 0.465. The second-order valence-electron chi connectivity index (χ2n) is 9.34. The minimum atomic E-state index is -0.467. The molecule has 0 bridgehead atoms. The lowest BCUT2D eigenvalue weighted by Crippen LogP contribution is -2.39. The van der Waals surface area contributed by atoms with E-state index in [2.05, 4.69) is 20.9 Å². The van der Waals surface area contributed by atoms with Crippen molar-refractivity contribution in [1.29, 1.82) is 0 Å². The van der Waals surface area contributed by atoms with Crippen LogP contribution in [0.5, 0.6) is 0 Å². The van der Waals surface area contributed by atoms with Crippen molar-refractivity contribution in [3.63, 3.8) is 0 Å². The van der Waals surface area contributed by atoms with Crippen LogP contribution < -0.4 is 5.32 Å². The highest BCUT2D eigenvalue weighted by Crippen LogP contribution is 2.39. The zero-order valence-corrected chi connectivity index (χ0v) is 19.5. The lowest BCUT2D eigenvalue weighted by atomic mass is 9.95. The van der Waals surface area contributed by atoms with Crippen LogP contribution in [0.2, 0.25) is 0 Å². The molecule has 0 aliphatic carbocycles. The summed E-state index contributed by atoms with van der Waals surface area (Å²) in [4.78, 5) is 45.0. The zero-order chi connectivity index (χ0) is 24.3. The molecule has 0 fully saturated rings. The molecule has 4 aromatic rings. The Balaban J connectivity index is 1.55. The SMILES string of the molecule is CC(C)C(=O)N1CCc2cccc3c(C4=C(c5cncc6ccoc56)C(=O)NC4=O)cn(c23)CC1. The molecule has 8 nitrogen and oxygen atoms in total. The first-order valence-corrected chi connectivity index (χ1v) is 11.8. The van der Waals surface area contributed by atoms with E-state index in [9.17, 15) is 14.4 Å². The number of fused-ring (bicyclic) bond motifs is 1. The van der Waals surface area contributed by atoms with Crippen LogP contribution in [0.15, 0.2) is 53.5 Å². The van der Waals surface area contributed by atoms with Gasteiger partial charge >= 0.3 is 0 Å². The van der Waals surface area contributed by atoms with E-state index in [4.69, 9.17) is 4.42 Å². The fraction of sp³-hybridized carbons (Fsp3) is 0.259. The van der Waals surface area contributed by atoms with Gasteiger partial charge in [0.2, 0.25) is 5.91 Å². The van der Waals surface area contributed by atoms with Gasteiger partial charge in [0.25, 0.3) is 11.8 Å². The van der Waals surface area contributed by atoms with Crippen LogP contribution in [0.1, 0.15) is 30.5 Å². The Hall–Kier alpha value is -4.20. The number of hydrogen-bond donors (Lipinski definition) is 1. The molecule has 3 aromatic heterocycles. The number of carbonyl (C=O) groups excluding carboxylic acids is 3. The van der Waals surface area contributed by atoms with Crippen LogP contribution in [0.3, 0.4) is 0 Å². The third kappa shape index (κ3) is 3.28. The Morgan fingerprint density at radius 1 is 1.03 bits per heavy atom. The highest BCUT2D eigenvalue weighted by Gasteiger charge is 2.36. The molecule has 0 atom stereocenters. The highest BCUT2D eigenvalue weighted by molar-refractivity contribution is 6.50. The predicted molar refractivity (Wildman–Crippen MR) is 131 cm³/mol. The molecule has 2 aliphatic rings. The summed E-state index contributed by atoms with van der Waals surface area (Å²) in [5.74, 6) is -0.836. The molecule has 176 valence electrons. The summed E-state index contributed by atoms with van der Waals surface area (Å²) in [6.07, 6.45) is 7.41. The van der Waals surface area contributed by atoms with E-state index in [1.165, 1.54) is 0 Å². The van der Waals surface area contributed by atoms with Crippen molar-refractivity contribution in [3.8, 4) is 0 Å². The number of rotatable bonds is 3. The first-order chi connectivity index (χ1) is 16.9. The van der Waals surface area contributed by atoms with Gasteiger partial charge in [-0.05, 0) is 18.1 Å². The summed E-state index contributed by atoms with van der Waals surface area (Å²) in [5.41, 5.74) is 4.41. The van der Waals surface area contributed by atoms with Crippen molar-refractivity contribution in [1.82, 2.24) is 19.8 Å². The first kappa shape index (κ1) is 21.3. The maximum atomic E-state index is 13.1. The Kier molecular flexibility index (Phi) is 4.84. The van der Waals surface area contributed by atoms with Crippen LogP contribution in [0.25, 0.3) is 33.0 Å². The maximum absolute atomic E-state index is 13.1. The van der Waals surface area contributed by atoms with Gasteiger partial charge in [-0.2, -0.15) is 0 Å². The predicted octanol–water partition coefficient (Wildman–Crippen LogP) is 3.39. The Bertz CT molecular complexity index is 1570. The largest absolute Gasteiger partial charge is 0.464 e. The molecule has 0 saturated carbocycles. The fourth-order valence-electron chi connectivity index (χ4n) is 5.23. The molecule has 0 saturated heterocycles. The van der Waals surface area contributed by atoms with E-state index in [0.29, 0.717) is 48.3 Å². The first-order valence-electron chi connectivity index (χ1n) is 11.8. The smallest absolute Gasteiger partial charge is 0.259 e. The number of pyridine rings is 1. The molecular formula is C27H24N4O4. The number of amides is 3. The van der Waals surface area contributed by atoms with Crippen LogP contribution >= 0.6 is 0 Å². The van der Waals surface area contributed by atoms with Crippen molar-refractivity contribution in [2.45, 2.75) is 26.8 Å². The van der Waals surface area contributed by atoms with E-state index >= 15 is 0 Å². The minimum absolute atomic E-state index is 0.0660. The molecule has 1 N–H and O–H groups in total. The van der Waals surface area contributed by atoms with Gasteiger partial charge < -0.3 is 13.9 Å². The van der Waals surface area contributed by atoms with Crippen LogP contribution in [0, 0.1) is 5.92 Å².